The van der Waals surface area contributed by atoms with Gasteiger partial charge in [-0.15, -0.1) is 0 Å². The van der Waals surface area contributed by atoms with Crippen molar-refractivity contribution in [1.29, 1.82) is 5.41 Å². The molecule has 0 saturated carbocycles. The monoisotopic (exact) mass is 267 g/mol. The van der Waals surface area contributed by atoms with Gasteiger partial charge in [-0.3, -0.25) is 5.41 Å². The molecule has 0 aliphatic carbocycles. The summed E-state index contributed by atoms with van der Waals surface area (Å²) in [5.41, 5.74) is 2.73. The SMILES string of the molecule is CC1(C)OC(=N)C=C1c1coc(Cc2ccccc2)c1. The Morgan fingerprint density at radius 3 is 2.55 bits per heavy atom. The number of rotatable bonds is 3. The van der Waals surface area contributed by atoms with Gasteiger partial charge in [0.2, 0.25) is 5.90 Å². The van der Waals surface area contributed by atoms with E-state index in [2.05, 4.69) is 12.1 Å². The lowest BCUT2D eigenvalue weighted by atomic mass is 9.94. The van der Waals surface area contributed by atoms with E-state index < -0.39 is 5.60 Å². The van der Waals surface area contributed by atoms with Crippen LogP contribution in [0.3, 0.4) is 0 Å². The van der Waals surface area contributed by atoms with Crippen molar-refractivity contribution >= 4 is 11.5 Å². The van der Waals surface area contributed by atoms with Gasteiger partial charge < -0.3 is 9.15 Å². The van der Waals surface area contributed by atoms with Crippen molar-refractivity contribution in [2.24, 2.45) is 0 Å². The van der Waals surface area contributed by atoms with Crippen LogP contribution < -0.4 is 0 Å². The van der Waals surface area contributed by atoms with Crippen molar-refractivity contribution in [3.05, 3.63) is 65.6 Å². The molecule has 1 N–H and O–H groups in total. The van der Waals surface area contributed by atoms with Crippen LogP contribution in [-0.2, 0) is 11.2 Å². The second-order valence-corrected chi connectivity index (χ2v) is 5.50. The summed E-state index contributed by atoms with van der Waals surface area (Å²) in [5, 5.41) is 7.64. The van der Waals surface area contributed by atoms with Gasteiger partial charge in [-0.25, -0.2) is 0 Å². The third kappa shape index (κ3) is 2.39. The van der Waals surface area contributed by atoms with E-state index in [-0.39, 0.29) is 5.90 Å². The molecule has 3 nitrogen and oxygen atoms in total. The summed E-state index contributed by atoms with van der Waals surface area (Å²) in [4.78, 5) is 0. The van der Waals surface area contributed by atoms with Gasteiger partial charge in [0, 0.05) is 23.6 Å². The third-order valence-corrected chi connectivity index (χ3v) is 3.48. The molecule has 0 atom stereocenters. The van der Waals surface area contributed by atoms with E-state index in [1.165, 1.54) is 5.56 Å². The highest BCUT2D eigenvalue weighted by molar-refractivity contribution is 6.00. The topological polar surface area (TPSA) is 46.2 Å². The highest BCUT2D eigenvalue weighted by Crippen LogP contribution is 2.36. The first kappa shape index (κ1) is 12.7. The molecule has 0 amide bonds. The average molecular weight is 267 g/mol. The summed E-state index contributed by atoms with van der Waals surface area (Å²) >= 11 is 0. The fourth-order valence-electron chi connectivity index (χ4n) is 2.51. The minimum absolute atomic E-state index is 0.204. The lowest BCUT2D eigenvalue weighted by Crippen LogP contribution is -2.22. The molecule has 1 aromatic carbocycles. The summed E-state index contributed by atoms with van der Waals surface area (Å²) < 4.78 is 11.1. The van der Waals surface area contributed by atoms with Gasteiger partial charge in [0.15, 0.2) is 0 Å². The molecule has 20 heavy (non-hydrogen) atoms. The van der Waals surface area contributed by atoms with Crippen LogP contribution in [0.4, 0.5) is 0 Å². The molecule has 0 spiro atoms. The van der Waals surface area contributed by atoms with Crippen LogP contribution in [0.25, 0.3) is 5.57 Å². The zero-order valence-corrected chi connectivity index (χ0v) is 11.6. The highest BCUT2D eigenvalue weighted by atomic mass is 16.5. The van der Waals surface area contributed by atoms with Crippen LogP contribution in [0.15, 0.2) is 53.2 Å². The number of hydrogen-bond donors (Lipinski definition) is 1. The van der Waals surface area contributed by atoms with Gasteiger partial charge in [0.05, 0.1) is 6.26 Å². The van der Waals surface area contributed by atoms with Crippen molar-refractivity contribution < 1.29 is 9.15 Å². The number of benzene rings is 1. The molecule has 0 unspecified atom stereocenters. The molecule has 0 saturated heterocycles. The van der Waals surface area contributed by atoms with Gasteiger partial charge in [-0.05, 0) is 25.5 Å². The molecule has 1 aliphatic heterocycles. The Kier molecular flexibility index (Phi) is 2.97. The minimum Gasteiger partial charge on any atom is -0.468 e. The maximum atomic E-state index is 7.64. The molecular weight excluding hydrogens is 250 g/mol. The fraction of sp³-hybridized carbons (Fsp3) is 0.235. The summed E-state index contributed by atoms with van der Waals surface area (Å²) in [6, 6.07) is 12.3. The zero-order chi connectivity index (χ0) is 14.2. The normalized spacial score (nSPS) is 16.9. The standard InChI is InChI=1S/C17H17NO2/c1-17(2)15(10-16(18)20-17)13-9-14(19-11-13)8-12-6-4-3-5-7-12/h3-7,9-11,18H,8H2,1-2H3. The van der Waals surface area contributed by atoms with Gasteiger partial charge in [-0.2, -0.15) is 0 Å². The second kappa shape index (κ2) is 4.67. The van der Waals surface area contributed by atoms with Crippen LogP contribution >= 0.6 is 0 Å². The van der Waals surface area contributed by atoms with Crippen molar-refractivity contribution in [2.75, 3.05) is 0 Å². The van der Waals surface area contributed by atoms with Crippen LogP contribution in [0, 0.1) is 5.41 Å². The first-order valence-electron chi connectivity index (χ1n) is 6.66. The van der Waals surface area contributed by atoms with Crippen molar-refractivity contribution in [3.63, 3.8) is 0 Å². The maximum Gasteiger partial charge on any atom is 0.206 e. The fourth-order valence-corrected chi connectivity index (χ4v) is 2.51. The number of ether oxygens (including phenoxy) is 1. The molecular formula is C17H17NO2. The Morgan fingerprint density at radius 2 is 1.90 bits per heavy atom. The Hall–Kier alpha value is -2.29. The molecule has 102 valence electrons. The number of nitrogens with one attached hydrogen (secondary N) is 1. The molecule has 0 fully saturated rings. The second-order valence-electron chi connectivity index (χ2n) is 5.50. The van der Waals surface area contributed by atoms with E-state index in [0.29, 0.717) is 0 Å². The average Bonchev–Trinajstić information content (AvgIpc) is 2.94. The Balaban J connectivity index is 1.84. The van der Waals surface area contributed by atoms with Crippen LogP contribution in [0.2, 0.25) is 0 Å². The Morgan fingerprint density at radius 1 is 1.15 bits per heavy atom. The first-order chi connectivity index (χ1) is 9.54. The van der Waals surface area contributed by atoms with Crippen molar-refractivity contribution in [2.45, 2.75) is 25.9 Å². The van der Waals surface area contributed by atoms with Crippen molar-refractivity contribution in [1.82, 2.24) is 0 Å². The molecule has 2 aromatic rings. The van der Waals surface area contributed by atoms with Gasteiger partial charge in [-0.1, -0.05) is 30.3 Å². The molecule has 1 aliphatic rings. The molecule has 0 radical (unpaired) electrons. The van der Waals surface area contributed by atoms with Gasteiger partial charge in [0.25, 0.3) is 0 Å². The first-order valence-corrected chi connectivity index (χ1v) is 6.66. The molecule has 3 heteroatoms. The van der Waals surface area contributed by atoms with E-state index >= 15 is 0 Å². The smallest absolute Gasteiger partial charge is 0.206 e. The third-order valence-electron chi connectivity index (χ3n) is 3.48. The van der Waals surface area contributed by atoms with Crippen LogP contribution in [-0.4, -0.2) is 11.5 Å². The van der Waals surface area contributed by atoms with E-state index in [0.717, 1.165) is 23.3 Å². The lowest BCUT2D eigenvalue weighted by molar-refractivity contribution is 0.169. The Bertz CT molecular complexity index is 665. The van der Waals surface area contributed by atoms with Crippen LogP contribution in [0.5, 0.6) is 0 Å². The largest absolute Gasteiger partial charge is 0.468 e. The zero-order valence-electron chi connectivity index (χ0n) is 11.6. The van der Waals surface area contributed by atoms with Gasteiger partial charge >= 0.3 is 0 Å². The number of furan rings is 1. The van der Waals surface area contributed by atoms with E-state index in [4.69, 9.17) is 14.6 Å². The van der Waals surface area contributed by atoms with E-state index in [9.17, 15) is 0 Å². The molecule has 2 heterocycles. The lowest BCUT2D eigenvalue weighted by Gasteiger charge is -2.21. The van der Waals surface area contributed by atoms with Gasteiger partial charge in [0.1, 0.15) is 11.4 Å². The Labute approximate surface area is 118 Å². The minimum atomic E-state index is -0.467. The molecule has 0 bridgehead atoms. The maximum absolute atomic E-state index is 7.64. The van der Waals surface area contributed by atoms with Crippen molar-refractivity contribution in [3.8, 4) is 0 Å². The quantitative estimate of drug-likeness (QED) is 0.912. The summed E-state index contributed by atoms with van der Waals surface area (Å²) in [5.74, 6) is 1.12. The molecule has 1 aromatic heterocycles. The predicted octanol–water partition coefficient (Wildman–Crippen LogP) is 4.04. The predicted molar refractivity (Wildman–Crippen MR) is 78.8 cm³/mol. The number of hydrogen-bond acceptors (Lipinski definition) is 3. The van der Waals surface area contributed by atoms with E-state index in [1.54, 1.807) is 12.3 Å². The van der Waals surface area contributed by atoms with Crippen LogP contribution in [0.1, 0.15) is 30.7 Å². The summed E-state index contributed by atoms with van der Waals surface area (Å²) in [7, 11) is 0. The highest BCUT2D eigenvalue weighted by Gasteiger charge is 2.33. The summed E-state index contributed by atoms with van der Waals surface area (Å²) in [6.45, 7) is 3.93. The molecule has 3 rings (SSSR count). The van der Waals surface area contributed by atoms with E-state index in [1.807, 2.05) is 38.1 Å². The summed E-state index contributed by atoms with van der Waals surface area (Å²) in [6.07, 6.45) is 4.28.